The van der Waals surface area contributed by atoms with Gasteiger partial charge < -0.3 is 15.0 Å². The first-order valence-corrected chi connectivity index (χ1v) is 7.83. The molecule has 2 aromatic carbocycles. The van der Waals surface area contributed by atoms with Gasteiger partial charge >= 0.3 is 0 Å². The van der Waals surface area contributed by atoms with E-state index >= 15 is 0 Å². The van der Waals surface area contributed by atoms with Crippen molar-refractivity contribution >= 4 is 17.3 Å². The Kier molecular flexibility index (Phi) is 3.39. The molecule has 25 heavy (non-hydrogen) atoms. The van der Waals surface area contributed by atoms with E-state index in [2.05, 4.69) is 0 Å². The average molecular weight is 328 g/mol. The second-order valence-electron chi connectivity index (χ2n) is 6.02. The van der Waals surface area contributed by atoms with Gasteiger partial charge in [0.05, 0.1) is 5.97 Å². The van der Waals surface area contributed by atoms with Gasteiger partial charge in [-0.15, -0.1) is 5.75 Å². The summed E-state index contributed by atoms with van der Waals surface area (Å²) in [5.41, 5.74) is 4.48. The van der Waals surface area contributed by atoms with Crippen LogP contribution >= 0.6 is 0 Å². The molecule has 0 bridgehead atoms. The number of carbonyl (C=O) groups is 2. The molecule has 122 valence electrons. The predicted octanol–water partition coefficient (Wildman–Crippen LogP) is 1.55. The molecule has 0 saturated heterocycles. The van der Waals surface area contributed by atoms with Gasteiger partial charge in [-0.05, 0) is 52.0 Å². The van der Waals surface area contributed by atoms with Crippen molar-refractivity contribution in [2.75, 3.05) is 0 Å². The lowest BCUT2D eigenvalue weighted by atomic mass is 9.76. The van der Waals surface area contributed by atoms with Gasteiger partial charge in [0.25, 0.3) is 0 Å². The zero-order valence-corrected chi connectivity index (χ0v) is 13.1. The second-order valence-corrected chi connectivity index (χ2v) is 6.02. The van der Waals surface area contributed by atoms with E-state index in [9.17, 15) is 19.8 Å². The lowest BCUT2D eigenvalue weighted by Crippen LogP contribution is -2.24. The Morgan fingerprint density at radius 1 is 1.00 bits per heavy atom. The van der Waals surface area contributed by atoms with E-state index in [1.54, 1.807) is 30.3 Å². The van der Waals surface area contributed by atoms with Gasteiger partial charge in [-0.3, -0.25) is 4.79 Å². The van der Waals surface area contributed by atoms with Crippen LogP contribution in [0.25, 0.3) is 5.57 Å². The van der Waals surface area contributed by atoms with Gasteiger partial charge in [0, 0.05) is 5.56 Å². The number of benzene rings is 2. The molecule has 2 aliphatic rings. The highest BCUT2D eigenvalue weighted by molar-refractivity contribution is 6.06. The monoisotopic (exact) mass is 328 g/mol. The molecule has 0 aliphatic heterocycles. The zero-order chi connectivity index (χ0) is 17.6. The first kappa shape index (κ1) is 15.1. The Balaban J connectivity index is 2.07. The molecule has 0 atom stereocenters. The zero-order valence-electron chi connectivity index (χ0n) is 13.1. The number of ketones is 1. The molecule has 0 N–H and O–H groups in total. The van der Waals surface area contributed by atoms with Crippen LogP contribution in [0.3, 0.4) is 0 Å². The molecular formula is C21H12O4-2. The summed E-state index contributed by atoms with van der Waals surface area (Å²) >= 11 is 0. The molecule has 0 spiro atoms. The summed E-state index contributed by atoms with van der Waals surface area (Å²) < 4.78 is 0. The number of aromatic carboxylic acids is 1. The Morgan fingerprint density at radius 3 is 2.60 bits per heavy atom. The number of rotatable bonds is 2. The summed E-state index contributed by atoms with van der Waals surface area (Å²) in [6.07, 6.45) is 5.19. The standard InChI is InChI=1S/C21H14O4/c22-14-5-7-16-12(10-14)9-13-11-15(23)6-8-17(13)20(16)18-3-1-2-4-19(18)21(24)25/h1-8,10-11,22H,9H2,(H,24,25)/p-2. The van der Waals surface area contributed by atoms with Gasteiger partial charge in [0.15, 0.2) is 5.78 Å². The van der Waals surface area contributed by atoms with Crippen LogP contribution in [0.2, 0.25) is 0 Å². The van der Waals surface area contributed by atoms with E-state index < -0.39 is 5.97 Å². The fraction of sp³-hybridized carbons (Fsp3) is 0.0476. The van der Waals surface area contributed by atoms with E-state index in [0.29, 0.717) is 17.6 Å². The lowest BCUT2D eigenvalue weighted by molar-refractivity contribution is -0.268. The maximum atomic E-state index is 11.8. The molecule has 0 saturated carbocycles. The predicted molar refractivity (Wildman–Crippen MR) is 88.6 cm³/mol. The molecular weight excluding hydrogens is 316 g/mol. The quantitative estimate of drug-likeness (QED) is 0.837. The third-order valence-electron chi connectivity index (χ3n) is 4.49. The highest BCUT2D eigenvalue weighted by Gasteiger charge is 2.25. The minimum atomic E-state index is -1.27. The highest BCUT2D eigenvalue weighted by Crippen LogP contribution is 2.42. The van der Waals surface area contributed by atoms with Crippen molar-refractivity contribution in [3.63, 3.8) is 0 Å². The SMILES string of the molecule is O=C1C=CC2=C(c3ccccc3C(=O)[O-])c3ccc([O-])cc3CC2=C1. The molecule has 4 nitrogen and oxygen atoms in total. The first-order valence-electron chi connectivity index (χ1n) is 7.83. The molecule has 0 radical (unpaired) electrons. The van der Waals surface area contributed by atoms with Gasteiger partial charge in [-0.2, -0.15) is 0 Å². The van der Waals surface area contributed by atoms with Crippen LogP contribution in [0.4, 0.5) is 0 Å². The molecule has 0 unspecified atom stereocenters. The smallest absolute Gasteiger partial charge is 0.178 e. The molecule has 2 aliphatic carbocycles. The van der Waals surface area contributed by atoms with Crippen molar-refractivity contribution in [3.8, 4) is 5.75 Å². The molecule has 2 aromatic rings. The van der Waals surface area contributed by atoms with Crippen molar-refractivity contribution in [2.24, 2.45) is 0 Å². The first-order chi connectivity index (χ1) is 12.0. The average Bonchev–Trinajstić information content (AvgIpc) is 2.59. The van der Waals surface area contributed by atoms with Gasteiger partial charge in [-0.25, -0.2) is 0 Å². The van der Waals surface area contributed by atoms with Crippen LogP contribution in [0.15, 0.2) is 71.8 Å². The van der Waals surface area contributed by atoms with Gasteiger partial charge in [0.2, 0.25) is 0 Å². The van der Waals surface area contributed by atoms with Crippen LogP contribution in [0.1, 0.15) is 27.0 Å². The van der Waals surface area contributed by atoms with Gasteiger partial charge in [-0.1, -0.05) is 48.5 Å². The number of hydrogen-bond donors (Lipinski definition) is 0. The third-order valence-corrected chi connectivity index (χ3v) is 4.49. The second kappa shape index (κ2) is 5.60. The topological polar surface area (TPSA) is 80.3 Å². The van der Waals surface area contributed by atoms with Gasteiger partial charge in [0.1, 0.15) is 0 Å². The fourth-order valence-corrected chi connectivity index (χ4v) is 3.44. The minimum absolute atomic E-state index is 0.0775. The van der Waals surface area contributed by atoms with Crippen LogP contribution < -0.4 is 10.2 Å². The highest BCUT2D eigenvalue weighted by atomic mass is 16.4. The minimum Gasteiger partial charge on any atom is -0.872 e. The molecule has 4 rings (SSSR count). The molecule has 4 heteroatoms. The van der Waals surface area contributed by atoms with E-state index in [4.69, 9.17) is 0 Å². The van der Waals surface area contributed by atoms with Crippen LogP contribution in [-0.2, 0) is 11.2 Å². The number of hydrogen-bond acceptors (Lipinski definition) is 4. The maximum Gasteiger partial charge on any atom is 0.178 e. The normalized spacial score (nSPS) is 15.5. The Labute approximate surface area is 144 Å². The van der Waals surface area contributed by atoms with Crippen LogP contribution in [-0.4, -0.2) is 11.8 Å². The van der Waals surface area contributed by atoms with Crippen molar-refractivity contribution in [1.29, 1.82) is 0 Å². The molecule has 0 heterocycles. The summed E-state index contributed by atoms with van der Waals surface area (Å²) in [5.74, 6) is -1.50. The van der Waals surface area contributed by atoms with Crippen molar-refractivity contribution in [2.45, 2.75) is 6.42 Å². The number of carboxylic acid groups (broad SMARTS) is 1. The summed E-state index contributed by atoms with van der Waals surface area (Å²) in [5, 5.41) is 23.3. The van der Waals surface area contributed by atoms with Crippen LogP contribution in [0, 0.1) is 0 Å². The van der Waals surface area contributed by atoms with E-state index in [1.807, 2.05) is 0 Å². The summed E-state index contributed by atoms with van der Waals surface area (Å²) in [7, 11) is 0. The van der Waals surface area contributed by atoms with E-state index in [-0.39, 0.29) is 17.1 Å². The van der Waals surface area contributed by atoms with Crippen molar-refractivity contribution in [3.05, 3.63) is 94.1 Å². The molecule has 0 aromatic heterocycles. The van der Waals surface area contributed by atoms with Crippen molar-refractivity contribution < 1.29 is 19.8 Å². The Morgan fingerprint density at radius 2 is 1.80 bits per heavy atom. The van der Waals surface area contributed by atoms with E-state index in [1.165, 1.54) is 30.4 Å². The summed E-state index contributed by atoms with van der Waals surface area (Å²) in [4.78, 5) is 23.3. The Bertz CT molecular complexity index is 1020. The molecule has 0 fully saturated rings. The molecule has 0 amide bonds. The maximum absolute atomic E-state index is 11.8. The summed E-state index contributed by atoms with van der Waals surface area (Å²) in [6.45, 7) is 0. The van der Waals surface area contributed by atoms with Crippen molar-refractivity contribution in [1.82, 2.24) is 0 Å². The number of carbonyl (C=O) groups excluding carboxylic acids is 2. The largest absolute Gasteiger partial charge is 0.872 e. The van der Waals surface area contributed by atoms with E-state index in [0.717, 1.165) is 22.3 Å². The fourth-order valence-electron chi connectivity index (χ4n) is 3.44. The number of fused-ring (bicyclic) bond motifs is 2. The van der Waals surface area contributed by atoms with Crippen LogP contribution in [0.5, 0.6) is 5.75 Å². The summed E-state index contributed by atoms with van der Waals surface area (Å²) in [6, 6.07) is 11.3. The lowest BCUT2D eigenvalue weighted by Gasteiger charge is -2.28. The Hall–Kier alpha value is -3.40. The third kappa shape index (κ3) is 2.48. The number of allylic oxidation sites excluding steroid dienone is 5. The number of carboxylic acids is 1.